The van der Waals surface area contributed by atoms with Gasteiger partial charge in [-0.25, -0.2) is 8.42 Å². The van der Waals surface area contributed by atoms with E-state index in [9.17, 15) is 8.42 Å². The first-order valence-corrected chi connectivity index (χ1v) is 7.73. The highest BCUT2D eigenvalue weighted by Gasteiger charge is 2.19. The number of benzene rings is 1. The number of anilines is 1. The highest BCUT2D eigenvalue weighted by atomic mass is 32.2. The van der Waals surface area contributed by atoms with Crippen LogP contribution in [0.15, 0.2) is 29.2 Å². The summed E-state index contributed by atoms with van der Waals surface area (Å²) in [5, 5.41) is -0.383. The molecule has 1 fully saturated rings. The molecule has 0 N–H and O–H groups in total. The second-order valence-corrected chi connectivity index (χ2v) is 7.19. The molecule has 0 atom stereocenters. The molecule has 1 aromatic rings. The Labute approximate surface area is 108 Å². The van der Waals surface area contributed by atoms with Gasteiger partial charge in [-0.1, -0.05) is 0 Å². The van der Waals surface area contributed by atoms with Crippen LogP contribution in [0.5, 0.6) is 0 Å². The molecule has 1 aromatic carbocycles. The van der Waals surface area contributed by atoms with Crippen LogP contribution in [-0.4, -0.2) is 40.0 Å². The van der Waals surface area contributed by atoms with Crippen molar-refractivity contribution in [3.63, 3.8) is 0 Å². The Morgan fingerprint density at radius 2 is 1.67 bits per heavy atom. The maximum Gasteiger partial charge on any atom is 0.180 e. The lowest BCUT2D eigenvalue weighted by Crippen LogP contribution is -2.36. The van der Waals surface area contributed by atoms with Gasteiger partial charge in [0.1, 0.15) is 0 Å². The highest BCUT2D eigenvalue weighted by Crippen LogP contribution is 2.21. The molecule has 1 aliphatic rings. The molecule has 0 bridgehead atoms. The van der Waals surface area contributed by atoms with Crippen molar-refractivity contribution in [3.05, 3.63) is 24.3 Å². The quantitative estimate of drug-likeness (QED) is 0.838. The Kier molecular flexibility index (Phi) is 3.92. The maximum atomic E-state index is 12.0. The molecular weight excluding hydrogens is 250 g/mol. The summed E-state index contributed by atoms with van der Waals surface area (Å²) in [4.78, 5) is 2.60. The number of morpholine rings is 1. The normalized spacial score (nSPS) is 17.2. The molecule has 0 unspecified atom stereocenters. The number of hydrogen-bond acceptors (Lipinski definition) is 4. The molecule has 0 spiro atoms. The first kappa shape index (κ1) is 13.4. The minimum atomic E-state index is -3.17. The Morgan fingerprint density at radius 3 is 2.17 bits per heavy atom. The molecule has 0 aliphatic carbocycles. The molecule has 1 saturated heterocycles. The Morgan fingerprint density at radius 1 is 1.11 bits per heavy atom. The van der Waals surface area contributed by atoms with Crippen molar-refractivity contribution in [2.75, 3.05) is 31.2 Å². The SMILES string of the molecule is CC(C)S(=O)(=O)c1ccc(N2CCOCC2)cc1. The van der Waals surface area contributed by atoms with Crippen LogP contribution in [0.4, 0.5) is 5.69 Å². The van der Waals surface area contributed by atoms with E-state index in [0.717, 1.165) is 32.0 Å². The van der Waals surface area contributed by atoms with E-state index >= 15 is 0 Å². The predicted molar refractivity (Wildman–Crippen MR) is 71.8 cm³/mol. The van der Waals surface area contributed by atoms with Crippen molar-refractivity contribution in [2.45, 2.75) is 24.0 Å². The number of ether oxygens (including phenoxy) is 1. The Bertz CT molecular complexity index is 487. The molecular formula is C13H19NO3S. The minimum absolute atomic E-state index is 0.383. The smallest absolute Gasteiger partial charge is 0.180 e. The van der Waals surface area contributed by atoms with Crippen LogP contribution in [0.1, 0.15) is 13.8 Å². The first-order valence-electron chi connectivity index (χ1n) is 6.18. The minimum Gasteiger partial charge on any atom is -0.378 e. The van der Waals surface area contributed by atoms with Crippen molar-refractivity contribution >= 4 is 15.5 Å². The number of sulfone groups is 1. The van der Waals surface area contributed by atoms with Crippen LogP contribution >= 0.6 is 0 Å². The zero-order valence-corrected chi connectivity index (χ0v) is 11.6. The summed E-state index contributed by atoms with van der Waals surface area (Å²) < 4.78 is 29.3. The van der Waals surface area contributed by atoms with Gasteiger partial charge in [-0.2, -0.15) is 0 Å². The number of nitrogens with zero attached hydrogens (tertiary/aromatic N) is 1. The molecule has 0 amide bonds. The zero-order chi connectivity index (χ0) is 13.2. The van der Waals surface area contributed by atoms with Crippen LogP contribution in [-0.2, 0) is 14.6 Å². The van der Waals surface area contributed by atoms with Gasteiger partial charge < -0.3 is 9.64 Å². The van der Waals surface area contributed by atoms with Gasteiger partial charge in [0.25, 0.3) is 0 Å². The van der Waals surface area contributed by atoms with Crippen molar-refractivity contribution in [1.29, 1.82) is 0 Å². The second kappa shape index (κ2) is 5.28. The second-order valence-electron chi connectivity index (χ2n) is 4.69. The molecule has 0 aromatic heterocycles. The lowest BCUT2D eigenvalue weighted by atomic mass is 10.2. The van der Waals surface area contributed by atoms with E-state index in [2.05, 4.69) is 4.90 Å². The summed E-state index contributed by atoms with van der Waals surface area (Å²) >= 11 is 0. The van der Waals surface area contributed by atoms with Gasteiger partial charge in [0, 0.05) is 18.8 Å². The zero-order valence-electron chi connectivity index (χ0n) is 10.8. The summed E-state index contributed by atoms with van der Waals surface area (Å²) in [7, 11) is -3.17. The van der Waals surface area contributed by atoms with Crippen molar-refractivity contribution in [3.8, 4) is 0 Å². The van der Waals surface area contributed by atoms with E-state index in [4.69, 9.17) is 4.74 Å². The molecule has 18 heavy (non-hydrogen) atoms. The topological polar surface area (TPSA) is 46.6 Å². The lowest BCUT2D eigenvalue weighted by molar-refractivity contribution is 0.122. The van der Waals surface area contributed by atoms with Crippen molar-refractivity contribution < 1.29 is 13.2 Å². The van der Waals surface area contributed by atoms with Crippen LogP contribution in [0.25, 0.3) is 0 Å². The van der Waals surface area contributed by atoms with Gasteiger partial charge in [-0.05, 0) is 38.1 Å². The summed E-state index contributed by atoms with van der Waals surface area (Å²) in [6, 6.07) is 7.14. The van der Waals surface area contributed by atoms with E-state index in [1.807, 2.05) is 12.1 Å². The molecule has 1 aliphatic heterocycles. The third-order valence-electron chi connectivity index (χ3n) is 3.16. The summed E-state index contributed by atoms with van der Waals surface area (Å²) in [6.07, 6.45) is 0. The summed E-state index contributed by atoms with van der Waals surface area (Å²) in [5.74, 6) is 0. The molecule has 5 heteroatoms. The molecule has 100 valence electrons. The number of rotatable bonds is 3. The molecule has 0 saturated carbocycles. The van der Waals surface area contributed by atoms with Crippen molar-refractivity contribution in [1.82, 2.24) is 0 Å². The van der Waals surface area contributed by atoms with Gasteiger partial charge in [-0.15, -0.1) is 0 Å². The van der Waals surface area contributed by atoms with Crippen LogP contribution < -0.4 is 4.90 Å². The van der Waals surface area contributed by atoms with Gasteiger partial charge in [0.15, 0.2) is 9.84 Å². The van der Waals surface area contributed by atoms with E-state index in [1.54, 1.807) is 26.0 Å². The van der Waals surface area contributed by atoms with Crippen molar-refractivity contribution in [2.24, 2.45) is 0 Å². The first-order chi connectivity index (χ1) is 8.51. The van der Waals surface area contributed by atoms with Crippen LogP contribution in [0.3, 0.4) is 0 Å². The van der Waals surface area contributed by atoms with E-state index < -0.39 is 9.84 Å². The van der Waals surface area contributed by atoms with Gasteiger partial charge >= 0.3 is 0 Å². The predicted octanol–water partition coefficient (Wildman–Crippen LogP) is 1.71. The summed E-state index contributed by atoms with van der Waals surface area (Å²) in [5.41, 5.74) is 1.06. The standard InChI is InChI=1S/C13H19NO3S/c1-11(2)18(15,16)13-5-3-12(4-6-13)14-7-9-17-10-8-14/h3-6,11H,7-10H2,1-2H3. The average molecular weight is 269 g/mol. The monoisotopic (exact) mass is 269 g/mol. The van der Waals surface area contributed by atoms with Gasteiger partial charge in [-0.3, -0.25) is 0 Å². The van der Waals surface area contributed by atoms with Crippen LogP contribution in [0, 0.1) is 0 Å². The third-order valence-corrected chi connectivity index (χ3v) is 5.33. The fourth-order valence-electron chi connectivity index (χ4n) is 1.94. The Balaban J connectivity index is 2.20. The molecule has 2 rings (SSSR count). The molecule has 1 heterocycles. The largest absolute Gasteiger partial charge is 0.378 e. The van der Waals surface area contributed by atoms with E-state index in [1.165, 1.54) is 0 Å². The fraction of sp³-hybridized carbons (Fsp3) is 0.538. The molecule has 4 nitrogen and oxygen atoms in total. The molecule has 0 radical (unpaired) electrons. The Hall–Kier alpha value is -1.07. The van der Waals surface area contributed by atoms with E-state index in [-0.39, 0.29) is 5.25 Å². The maximum absolute atomic E-state index is 12.0. The summed E-state index contributed by atoms with van der Waals surface area (Å²) in [6.45, 7) is 6.57. The average Bonchev–Trinajstić information content (AvgIpc) is 2.40. The van der Waals surface area contributed by atoms with Gasteiger partial charge in [0.2, 0.25) is 0 Å². The third kappa shape index (κ3) is 2.67. The van der Waals surface area contributed by atoms with Gasteiger partial charge in [0.05, 0.1) is 23.4 Å². The van der Waals surface area contributed by atoms with E-state index in [0.29, 0.717) is 4.90 Å². The fourth-order valence-corrected chi connectivity index (χ4v) is 3.00. The highest BCUT2D eigenvalue weighted by molar-refractivity contribution is 7.92. The number of hydrogen-bond donors (Lipinski definition) is 0. The lowest BCUT2D eigenvalue weighted by Gasteiger charge is -2.28. The van der Waals surface area contributed by atoms with Crippen LogP contribution in [0.2, 0.25) is 0 Å².